The zero-order valence-electron chi connectivity index (χ0n) is 11.8. The summed E-state index contributed by atoms with van der Waals surface area (Å²) in [6.45, 7) is 3.82. The minimum absolute atomic E-state index is 0.401. The summed E-state index contributed by atoms with van der Waals surface area (Å²) in [7, 11) is -2.59. The predicted molar refractivity (Wildman–Crippen MR) is 83.4 cm³/mol. The number of rotatable bonds is 5. The molecule has 0 aromatic heterocycles. The largest absolute Gasteiger partial charge is 0.497 e. The number of hydrogen-bond donors (Lipinski definition) is 2. The first kappa shape index (κ1) is 16.0. The lowest BCUT2D eigenvalue weighted by atomic mass is 10.1. The molecule has 22 heavy (non-hydrogen) atoms. The predicted octanol–water partition coefficient (Wildman–Crippen LogP) is 2.56. The summed E-state index contributed by atoms with van der Waals surface area (Å²) in [5, 5.41) is 7.98. The van der Waals surface area contributed by atoms with Crippen molar-refractivity contribution in [3.63, 3.8) is 0 Å². The number of sulfonamides is 1. The quantitative estimate of drug-likeness (QED) is 0.886. The molecule has 0 saturated carbocycles. The number of nitrogens with one attached hydrogen (secondary N) is 1. The van der Waals surface area contributed by atoms with E-state index in [9.17, 15) is 12.8 Å². The van der Waals surface area contributed by atoms with Gasteiger partial charge in [-0.15, -0.1) is 0 Å². The van der Waals surface area contributed by atoms with Crippen LogP contribution in [0.1, 0.15) is 5.56 Å². The van der Waals surface area contributed by atoms with E-state index in [-0.39, 0.29) is 0 Å². The molecule has 0 heterocycles. The van der Waals surface area contributed by atoms with Gasteiger partial charge in [0, 0.05) is 17.5 Å². The fourth-order valence-corrected chi connectivity index (χ4v) is 2.49. The monoisotopic (exact) mass is 322 g/mol. The molecular weight excluding hydrogens is 307 g/mol. The minimum atomic E-state index is -4.14. The van der Waals surface area contributed by atoms with Crippen molar-refractivity contribution >= 4 is 21.4 Å². The van der Waals surface area contributed by atoms with Gasteiger partial charge in [-0.05, 0) is 35.9 Å². The Morgan fingerprint density at radius 3 is 2.64 bits per heavy atom. The Morgan fingerprint density at radius 2 is 2.00 bits per heavy atom. The molecular formula is C15H15FN2O3S. The van der Waals surface area contributed by atoms with Crippen molar-refractivity contribution in [1.82, 2.24) is 0 Å². The maximum atomic E-state index is 13.5. The van der Waals surface area contributed by atoms with E-state index in [0.717, 1.165) is 12.1 Å². The van der Waals surface area contributed by atoms with Gasteiger partial charge in [-0.2, -0.15) is 0 Å². The second kappa shape index (κ2) is 6.17. The summed E-state index contributed by atoms with van der Waals surface area (Å²) in [5.41, 5.74) is 1.51. The van der Waals surface area contributed by atoms with Crippen LogP contribution < -0.4 is 15.2 Å². The van der Waals surface area contributed by atoms with E-state index in [1.807, 2.05) is 0 Å². The van der Waals surface area contributed by atoms with Crippen LogP contribution in [0.5, 0.6) is 5.75 Å². The zero-order chi connectivity index (χ0) is 16.3. The van der Waals surface area contributed by atoms with Gasteiger partial charge in [-0.25, -0.2) is 17.9 Å². The molecule has 0 atom stereocenters. The summed E-state index contributed by atoms with van der Waals surface area (Å²) in [4.78, 5) is -0.571. The summed E-state index contributed by atoms with van der Waals surface area (Å²) in [6, 6.07) is 10.7. The molecule has 3 N–H and O–H groups in total. The normalized spacial score (nSPS) is 11.0. The molecule has 0 aliphatic heterocycles. The van der Waals surface area contributed by atoms with Crippen LogP contribution in [0.25, 0.3) is 5.70 Å². The fourth-order valence-electron chi connectivity index (χ4n) is 1.86. The van der Waals surface area contributed by atoms with Crippen molar-refractivity contribution in [2.24, 2.45) is 5.14 Å². The maximum absolute atomic E-state index is 13.5. The van der Waals surface area contributed by atoms with E-state index in [4.69, 9.17) is 9.88 Å². The van der Waals surface area contributed by atoms with E-state index in [0.29, 0.717) is 22.7 Å². The zero-order valence-corrected chi connectivity index (χ0v) is 12.7. The van der Waals surface area contributed by atoms with Crippen molar-refractivity contribution in [2.45, 2.75) is 4.90 Å². The van der Waals surface area contributed by atoms with Crippen LogP contribution in [0.15, 0.2) is 53.9 Å². The number of benzene rings is 2. The Labute approximate surface area is 128 Å². The molecule has 116 valence electrons. The van der Waals surface area contributed by atoms with Crippen LogP contribution in [0.4, 0.5) is 10.1 Å². The average Bonchev–Trinajstić information content (AvgIpc) is 2.46. The molecule has 0 unspecified atom stereocenters. The molecule has 5 nitrogen and oxygen atoms in total. The summed E-state index contributed by atoms with van der Waals surface area (Å²) in [6.07, 6.45) is 0. The van der Waals surface area contributed by atoms with Gasteiger partial charge in [0.2, 0.25) is 10.0 Å². The van der Waals surface area contributed by atoms with Crippen molar-refractivity contribution in [3.05, 3.63) is 60.4 Å². The first-order valence-electron chi connectivity index (χ1n) is 6.24. The summed E-state index contributed by atoms with van der Waals surface area (Å²) in [5.74, 6) is -0.248. The average molecular weight is 322 g/mol. The van der Waals surface area contributed by atoms with E-state index < -0.39 is 20.7 Å². The third-order valence-electron chi connectivity index (χ3n) is 2.95. The van der Waals surface area contributed by atoms with Crippen LogP contribution in [-0.2, 0) is 10.0 Å². The highest BCUT2D eigenvalue weighted by Gasteiger charge is 2.15. The summed E-state index contributed by atoms with van der Waals surface area (Å²) >= 11 is 0. The number of methoxy groups -OCH3 is 1. The Bertz CT molecular complexity index is 819. The summed E-state index contributed by atoms with van der Waals surface area (Å²) < 4.78 is 41.3. The molecule has 0 bridgehead atoms. The molecule has 0 aliphatic rings. The number of hydrogen-bond acceptors (Lipinski definition) is 4. The van der Waals surface area contributed by atoms with Crippen LogP contribution >= 0.6 is 0 Å². The van der Waals surface area contributed by atoms with Crippen LogP contribution in [0.3, 0.4) is 0 Å². The van der Waals surface area contributed by atoms with Gasteiger partial charge in [-0.3, -0.25) is 0 Å². The number of anilines is 1. The Morgan fingerprint density at radius 1 is 1.27 bits per heavy atom. The molecule has 0 saturated heterocycles. The van der Waals surface area contributed by atoms with E-state index in [2.05, 4.69) is 11.9 Å². The first-order chi connectivity index (χ1) is 10.3. The Kier molecular flexibility index (Phi) is 4.48. The van der Waals surface area contributed by atoms with Crippen LogP contribution in [0.2, 0.25) is 0 Å². The number of nitrogens with two attached hydrogens (primary N) is 1. The number of primary sulfonamides is 1. The molecule has 0 fully saturated rings. The van der Waals surface area contributed by atoms with E-state index >= 15 is 0 Å². The lowest BCUT2D eigenvalue weighted by Crippen LogP contribution is -2.14. The second-order valence-corrected chi connectivity index (χ2v) is 6.06. The highest BCUT2D eigenvalue weighted by atomic mass is 32.2. The standard InChI is InChI=1S/C15H15FN2O3S/c1-10(18-12-4-3-5-13(9-12)21-2)11-6-7-14(16)15(8-11)22(17,19)20/h3-9,18H,1H2,2H3,(H2,17,19,20). The van der Waals surface area contributed by atoms with Gasteiger partial charge < -0.3 is 10.1 Å². The smallest absolute Gasteiger partial charge is 0.240 e. The van der Waals surface area contributed by atoms with Crippen molar-refractivity contribution in [3.8, 4) is 5.75 Å². The van der Waals surface area contributed by atoms with E-state index in [1.54, 1.807) is 31.4 Å². The topological polar surface area (TPSA) is 81.4 Å². The molecule has 7 heteroatoms. The van der Waals surface area contributed by atoms with Crippen molar-refractivity contribution in [1.29, 1.82) is 0 Å². The molecule has 0 aliphatic carbocycles. The van der Waals surface area contributed by atoms with Gasteiger partial charge in [0.1, 0.15) is 16.5 Å². The number of ether oxygens (including phenoxy) is 1. The first-order valence-corrected chi connectivity index (χ1v) is 7.78. The van der Waals surface area contributed by atoms with Crippen molar-refractivity contribution < 1.29 is 17.5 Å². The lowest BCUT2D eigenvalue weighted by Gasteiger charge is -2.12. The molecule has 2 aromatic carbocycles. The second-order valence-electron chi connectivity index (χ2n) is 4.53. The maximum Gasteiger partial charge on any atom is 0.240 e. The SMILES string of the molecule is C=C(Nc1cccc(OC)c1)c1ccc(F)c(S(N)(=O)=O)c1. The van der Waals surface area contributed by atoms with Gasteiger partial charge in [0.05, 0.1) is 7.11 Å². The van der Waals surface area contributed by atoms with Crippen molar-refractivity contribution in [2.75, 3.05) is 12.4 Å². The number of halogens is 1. The Hall–Kier alpha value is -2.38. The van der Waals surface area contributed by atoms with Gasteiger partial charge in [0.15, 0.2) is 0 Å². The van der Waals surface area contributed by atoms with Gasteiger partial charge in [0.25, 0.3) is 0 Å². The van der Waals surface area contributed by atoms with Crippen LogP contribution in [0, 0.1) is 5.82 Å². The molecule has 2 aromatic rings. The lowest BCUT2D eigenvalue weighted by molar-refractivity contribution is 0.415. The molecule has 0 spiro atoms. The van der Waals surface area contributed by atoms with E-state index in [1.165, 1.54) is 6.07 Å². The van der Waals surface area contributed by atoms with Gasteiger partial charge in [-0.1, -0.05) is 12.6 Å². The highest BCUT2D eigenvalue weighted by molar-refractivity contribution is 7.89. The fraction of sp³-hybridized carbons (Fsp3) is 0.0667. The molecule has 0 amide bonds. The third-order valence-corrected chi connectivity index (χ3v) is 3.88. The van der Waals surface area contributed by atoms with Crippen LogP contribution in [-0.4, -0.2) is 15.5 Å². The molecule has 2 rings (SSSR count). The molecule has 0 radical (unpaired) electrons. The third kappa shape index (κ3) is 3.63. The Balaban J connectivity index is 2.30. The highest BCUT2D eigenvalue weighted by Crippen LogP contribution is 2.23. The van der Waals surface area contributed by atoms with Gasteiger partial charge >= 0.3 is 0 Å². The minimum Gasteiger partial charge on any atom is -0.497 e.